The SMILES string of the molecule is COCC(C)(C(=O)N1CCOc2c(C#N)cncc2C1)C(F)F. The molecule has 6 nitrogen and oxygen atoms in total. The van der Waals surface area contributed by atoms with Gasteiger partial charge in [-0.15, -0.1) is 0 Å². The van der Waals surface area contributed by atoms with Gasteiger partial charge in [0.15, 0.2) is 0 Å². The lowest BCUT2D eigenvalue weighted by molar-refractivity contribution is -0.156. The van der Waals surface area contributed by atoms with Crippen LogP contribution >= 0.6 is 0 Å². The quantitative estimate of drug-likeness (QED) is 0.840. The van der Waals surface area contributed by atoms with Gasteiger partial charge in [0.25, 0.3) is 6.43 Å². The van der Waals surface area contributed by atoms with Crippen LogP contribution in [-0.4, -0.2) is 49.1 Å². The molecule has 0 bridgehead atoms. The fraction of sp³-hybridized carbons (Fsp3) is 0.533. The van der Waals surface area contributed by atoms with Crippen LogP contribution in [0.3, 0.4) is 0 Å². The highest BCUT2D eigenvalue weighted by molar-refractivity contribution is 5.83. The van der Waals surface area contributed by atoms with Crippen LogP contribution < -0.4 is 4.74 Å². The van der Waals surface area contributed by atoms with E-state index in [4.69, 9.17) is 14.7 Å². The Hall–Kier alpha value is -2.27. The average Bonchev–Trinajstić information content (AvgIpc) is 2.76. The number of hydrogen-bond acceptors (Lipinski definition) is 5. The molecule has 0 saturated heterocycles. The van der Waals surface area contributed by atoms with Crippen molar-refractivity contribution in [3.8, 4) is 11.8 Å². The van der Waals surface area contributed by atoms with Crippen molar-refractivity contribution in [1.29, 1.82) is 5.26 Å². The van der Waals surface area contributed by atoms with E-state index in [2.05, 4.69) is 4.98 Å². The Balaban J connectivity index is 2.31. The second kappa shape index (κ2) is 6.87. The minimum Gasteiger partial charge on any atom is -0.490 e. The summed E-state index contributed by atoms with van der Waals surface area (Å²) in [6.45, 7) is 1.11. The monoisotopic (exact) mass is 325 g/mol. The van der Waals surface area contributed by atoms with Crippen molar-refractivity contribution < 1.29 is 23.0 Å². The van der Waals surface area contributed by atoms with Crippen LogP contribution in [0.2, 0.25) is 0 Å². The Morgan fingerprint density at radius 3 is 2.96 bits per heavy atom. The molecule has 0 saturated carbocycles. The van der Waals surface area contributed by atoms with Crippen LogP contribution in [0.15, 0.2) is 12.4 Å². The summed E-state index contributed by atoms with van der Waals surface area (Å²) in [4.78, 5) is 17.8. The second-order valence-corrected chi connectivity index (χ2v) is 5.51. The molecule has 0 radical (unpaired) electrons. The fourth-order valence-electron chi connectivity index (χ4n) is 2.45. The van der Waals surface area contributed by atoms with E-state index in [1.165, 1.54) is 31.3 Å². The summed E-state index contributed by atoms with van der Waals surface area (Å²) < 4.78 is 37.1. The first kappa shape index (κ1) is 17.1. The number of nitrogens with zero attached hydrogens (tertiary/aromatic N) is 3. The molecule has 1 aromatic rings. The third-order valence-electron chi connectivity index (χ3n) is 3.76. The van der Waals surface area contributed by atoms with Crippen molar-refractivity contribution in [3.63, 3.8) is 0 Å². The largest absolute Gasteiger partial charge is 0.490 e. The number of halogens is 2. The molecule has 2 rings (SSSR count). The van der Waals surface area contributed by atoms with Crippen LogP contribution in [-0.2, 0) is 16.1 Å². The summed E-state index contributed by atoms with van der Waals surface area (Å²) >= 11 is 0. The molecular weight excluding hydrogens is 308 g/mol. The average molecular weight is 325 g/mol. The Morgan fingerprint density at radius 1 is 1.61 bits per heavy atom. The third-order valence-corrected chi connectivity index (χ3v) is 3.76. The van der Waals surface area contributed by atoms with Crippen molar-refractivity contribution in [3.05, 3.63) is 23.5 Å². The van der Waals surface area contributed by atoms with E-state index >= 15 is 0 Å². The second-order valence-electron chi connectivity index (χ2n) is 5.51. The Kier molecular flexibility index (Phi) is 5.11. The number of rotatable bonds is 4. The molecule has 23 heavy (non-hydrogen) atoms. The summed E-state index contributed by atoms with van der Waals surface area (Å²) in [7, 11) is 1.28. The Morgan fingerprint density at radius 2 is 2.35 bits per heavy atom. The van der Waals surface area contributed by atoms with Gasteiger partial charge >= 0.3 is 0 Å². The first-order chi connectivity index (χ1) is 10.9. The van der Waals surface area contributed by atoms with Gasteiger partial charge in [0.05, 0.1) is 19.7 Å². The zero-order valence-electron chi connectivity index (χ0n) is 12.9. The number of ether oxygens (including phenoxy) is 2. The van der Waals surface area contributed by atoms with E-state index in [1.807, 2.05) is 6.07 Å². The molecular formula is C15H17F2N3O3. The summed E-state index contributed by atoms with van der Waals surface area (Å²) in [5.41, 5.74) is -1.16. The third kappa shape index (κ3) is 3.24. The van der Waals surface area contributed by atoms with Crippen molar-refractivity contribution >= 4 is 5.91 Å². The van der Waals surface area contributed by atoms with Gasteiger partial charge in [0.2, 0.25) is 5.91 Å². The van der Waals surface area contributed by atoms with E-state index in [-0.39, 0.29) is 31.9 Å². The molecule has 0 aromatic carbocycles. The van der Waals surface area contributed by atoms with Gasteiger partial charge in [-0.2, -0.15) is 5.26 Å². The number of carbonyl (C=O) groups excluding carboxylic acids is 1. The minimum atomic E-state index is -2.86. The van der Waals surface area contributed by atoms with Crippen molar-refractivity contribution in [2.45, 2.75) is 19.9 Å². The molecule has 1 aromatic heterocycles. The van der Waals surface area contributed by atoms with Gasteiger partial charge in [-0.25, -0.2) is 8.78 Å². The highest BCUT2D eigenvalue weighted by Crippen LogP contribution is 2.32. The molecule has 0 N–H and O–H groups in total. The van der Waals surface area contributed by atoms with Gasteiger partial charge < -0.3 is 14.4 Å². The number of methoxy groups -OCH3 is 1. The molecule has 1 aliphatic rings. The number of amides is 1. The maximum absolute atomic E-state index is 13.4. The van der Waals surface area contributed by atoms with Crippen LogP contribution in [0.1, 0.15) is 18.1 Å². The number of hydrogen-bond donors (Lipinski definition) is 0. The van der Waals surface area contributed by atoms with E-state index in [0.717, 1.165) is 0 Å². The minimum absolute atomic E-state index is 0.0582. The first-order valence-electron chi connectivity index (χ1n) is 7.00. The van der Waals surface area contributed by atoms with Crippen LogP contribution in [0, 0.1) is 16.7 Å². The zero-order valence-corrected chi connectivity index (χ0v) is 12.9. The summed E-state index contributed by atoms with van der Waals surface area (Å²) in [6.07, 6.45) is -0.0235. The van der Waals surface area contributed by atoms with Crippen LogP contribution in [0.4, 0.5) is 8.78 Å². The lowest BCUT2D eigenvalue weighted by atomic mass is 9.90. The Bertz CT molecular complexity index is 633. The summed E-state index contributed by atoms with van der Waals surface area (Å²) in [6, 6.07) is 1.96. The molecule has 1 aliphatic heterocycles. The van der Waals surface area contributed by atoms with Crippen molar-refractivity contribution in [2.24, 2.45) is 5.41 Å². The van der Waals surface area contributed by atoms with Crippen LogP contribution in [0.5, 0.6) is 5.75 Å². The van der Waals surface area contributed by atoms with Gasteiger partial charge in [-0.3, -0.25) is 9.78 Å². The summed E-state index contributed by atoms with van der Waals surface area (Å²) in [5.74, 6) is -0.364. The maximum Gasteiger partial charge on any atom is 0.254 e. The lowest BCUT2D eigenvalue weighted by Crippen LogP contribution is -2.49. The highest BCUT2D eigenvalue weighted by atomic mass is 19.3. The number of carbonyl (C=O) groups is 1. The van der Waals surface area contributed by atoms with E-state index in [0.29, 0.717) is 11.3 Å². The standard InChI is InChI=1S/C15H17F2N3O3/c1-15(9-22-2,13(16)17)14(21)20-3-4-23-12-10(5-18)6-19-7-11(12)8-20/h6-7,13H,3-4,8-9H2,1-2H3. The number of pyridine rings is 1. The highest BCUT2D eigenvalue weighted by Gasteiger charge is 2.45. The van der Waals surface area contributed by atoms with Crippen LogP contribution in [0.25, 0.3) is 0 Å². The number of fused-ring (bicyclic) bond motifs is 1. The molecule has 124 valence electrons. The van der Waals surface area contributed by atoms with Gasteiger partial charge in [-0.05, 0) is 6.92 Å². The molecule has 0 aliphatic carbocycles. The van der Waals surface area contributed by atoms with Gasteiger partial charge in [0, 0.05) is 25.1 Å². The maximum atomic E-state index is 13.4. The lowest BCUT2D eigenvalue weighted by Gasteiger charge is -2.32. The molecule has 1 amide bonds. The zero-order chi connectivity index (χ0) is 17.0. The normalized spacial score (nSPS) is 16.8. The van der Waals surface area contributed by atoms with Gasteiger partial charge in [0.1, 0.15) is 29.4 Å². The smallest absolute Gasteiger partial charge is 0.254 e. The number of nitriles is 1. The van der Waals surface area contributed by atoms with E-state index in [1.54, 1.807) is 0 Å². The van der Waals surface area contributed by atoms with E-state index < -0.39 is 17.7 Å². The molecule has 2 heterocycles. The molecule has 0 fully saturated rings. The molecule has 1 atom stereocenters. The first-order valence-corrected chi connectivity index (χ1v) is 7.00. The van der Waals surface area contributed by atoms with Crippen molar-refractivity contribution in [2.75, 3.05) is 26.9 Å². The molecule has 1 unspecified atom stereocenters. The number of alkyl halides is 2. The molecule has 8 heteroatoms. The topological polar surface area (TPSA) is 75.4 Å². The number of aromatic nitrogens is 1. The predicted molar refractivity (Wildman–Crippen MR) is 75.9 cm³/mol. The fourth-order valence-corrected chi connectivity index (χ4v) is 2.45. The molecule has 0 spiro atoms. The predicted octanol–water partition coefficient (Wildman–Crippen LogP) is 1.59. The van der Waals surface area contributed by atoms with E-state index in [9.17, 15) is 13.6 Å². The Labute approximate surface area is 132 Å². The van der Waals surface area contributed by atoms with Crippen molar-refractivity contribution in [1.82, 2.24) is 9.88 Å². The van der Waals surface area contributed by atoms with Gasteiger partial charge in [-0.1, -0.05) is 0 Å². The summed E-state index contributed by atoms with van der Waals surface area (Å²) in [5, 5.41) is 9.07.